The number of anilines is 2. The Hall–Kier alpha value is -2.61. The van der Waals surface area contributed by atoms with E-state index in [1.165, 1.54) is 0 Å². The molecule has 0 spiro atoms. The molecule has 1 aliphatic rings. The van der Waals surface area contributed by atoms with Gasteiger partial charge in [-0.05, 0) is 19.9 Å². The summed E-state index contributed by atoms with van der Waals surface area (Å²) in [4.78, 5) is 4.43. The summed E-state index contributed by atoms with van der Waals surface area (Å²) in [6, 6.07) is 2.20. The third kappa shape index (κ3) is 3.30. The molecule has 3 aromatic rings. The third-order valence-corrected chi connectivity index (χ3v) is 4.28. The molecule has 0 aliphatic carbocycles. The molecule has 4 rings (SSSR count). The van der Waals surface area contributed by atoms with Crippen LogP contribution in [0.2, 0.25) is 0 Å². The SMILES string of the molecule is CC(C)n1cc(Nc2n[nH]c3ccnc(OC4CCOCC4)c23)cn1. The molecule has 0 atom stereocenters. The summed E-state index contributed by atoms with van der Waals surface area (Å²) in [6.07, 6.45) is 7.35. The lowest BCUT2D eigenvalue weighted by Crippen LogP contribution is -2.26. The minimum Gasteiger partial charge on any atom is -0.474 e. The van der Waals surface area contributed by atoms with Gasteiger partial charge in [-0.1, -0.05) is 0 Å². The van der Waals surface area contributed by atoms with Gasteiger partial charge in [0.05, 0.1) is 30.6 Å². The first-order valence-electron chi connectivity index (χ1n) is 8.59. The largest absolute Gasteiger partial charge is 0.474 e. The Morgan fingerprint density at radius 2 is 2.20 bits per heavy atom. The van der Waals surface area contributed by atoms with Crippen LogP contribution in [0.15, 0.2) is 24.7 Å². The fourth-order valence-corrected chi connectivity index (χ4v) is 2.89. The molecular formula is C17H22N6O2. The van der Waals surface area contributed by atoms with Crippen LogP contribution in [0.1, 0.15) is 32.7 Å². The van der Waals surface area contributed by atoms with Crippen molar-refractivity contribution in [1.82, 2.24) is 25.0 Å². The Morgan fingerprint density at radius 1 is 1.36 bits per heavy atom. The van der Waals surface area contributed by atoms with E-state index in [0.29, 0.717) is 17.7 Å². The first-order chi connectivity index (χ1) is 12.2. The summed E-state index contributed by atoms with van der Waals surface area (Å²) in [5, 5.41) is 15.9. The molecule has 1 aliphatic heterocycles. The first-order valence-corrected chi connectivity index (χ1v) is 8.59. The topological polar surface area (TPSA) is 89.9 Å². The van der Waals surface area contributed by atoms with E-state index in [0.717, 1.165) is 42.6 Å². The number of fused-ring (bicyclic) bond motifs is 1. The predicted octanol–water partition coefficient (Wildman–Crippen LogP) is 3.04. The Kier molecular flexibility index (Phi) is 4.27. The molecule has 8 heteroatoms. The van der Waals surface area contributed by atoms with E-state index in [1.54, 1.807) is 12.4 Å². The predicted molar refractivity (Wildman–Crippen MR) is 94.3 cm³/mol. The van der Waals surface area contributed by atoms with Crippen molar-refractivity contribution in [3.8, 4) is 5.88 Å². The highest BCUT2D eigenvalue weighted by Gasteiger charge is 2.20. The minimum atomic E-state index is 0.123. The molecule has 0 bridgehead atoms. The number of H-pyrrole nitrogens is 1. The maximum absolute atomic E-state index is 6.14. The lowest BCUT2D eigenvalue weighted by atomic mass is 10.1. The second-order valence-corrected chi connectivity index (χ2v) is 6.47. The van der Waals surface area contributed by atoms with E-state index >= 15 is 0 Å². The van der Waals surface area contributed by atoms with E-state index in [2.05, 4.69) is 39.4 Å². The van der Waals surface area contributed by atoms with E-state index in [4.69, 9.17) is 9.47 Å². The van der Waals surface area contributed by atoms with Gasteiger partial charge in [0.1, 0.15) is 11.5 Å². The summed E-state index contributed by atoms with van der Waals surface area (Å²) >= 11 is 0. The first kappa shape index (κ1) is 15.9. The summed E-state index contributed by atoms with van der Waals surface area (Å²) in [5.74, 6) is 1.28. The maximum Gasteiger partial charge on any atom is 0.227 e. The third-order valence-electron chi connectivity index (χ3n) is 4.28. The van der Waals surface area contributed by atoms with Gasteiger partial charge in [0.2, 0.25) is 5.88 Å². The van der Waals surface area contributed by atoms with Crippen LogP contribution in [-0.4, -0.2) is 44.3 Å². The van der Waals surface area contributed by atoms with Gasteiger partial charge >= 0.3 is 0 Å². The van der Waals surface area contributed by atoms with Crippen molar-refractivity contribution in [2.75, 3.05) is 18.5 Å². The average molecular weight is 342 g/mol. The Bertz CT molecular complexity index is 850. The molecule has 8 nitrogen and oxygen atoms in total. The molecule has 1 fully saturated rings. The smallest absolute Gasteiger partial charge is 0.227 e. The fourth-order valence-electron chi connectivity index (χ4n) is 2.89. The number of nitrogens with zero attached hydrogens (tertiary/aromatic N) is 4. The summed E-state index contributed by atoms with van der Waals surface area (Å²) < 4.78 is 13.4. The standard InChI is InChI=1S/C17H22N6O2/c1-11(2)23-10-12(9-19-23)20-16-15-14(21-22-16)3-6-18-17(15)25-13-4-7-24-8-5-13/h3,6,9-11,13H,4-5,7-8H2,1-2H3,(H2,20,21,22). The average Bonchev–Trinajstić information content (AvgIpc) is 3.24. The molecule has 0 amide bonds. The summed E-state index contributed by atoms with van der Waals surface area (Å²) in [5.41, 5.74) is 1.76. The van der Waals surface area contributed by atoms with Crippen LogP contribution in [-0.2, 0) is 4.74 Å². The number of ether oxygens (including phenoxy) is 2. The number of pyridine rings is 1. The molecule has 0 aromatic carbocycles. The van der Waals surface area contributed by atoms with Gasteiger partial charge in [0, 0.05) is 31.3 Å². The highest BCUT2D eigenvalue weighted by Crippen LogP contribution is 2.32. The van der Waals surface area contributed by atoms with Crippen LogP contribution < -0.4 is 10.1 Å². The van der Waals surface area contributed by atoms with Gasteiger partial charge < -0.3 is 14.8 Å². The van der Waals surface area contributed by atoms with Crippen molar-refractivity contribution in [3.05, 3.63) is 24.7 Å². The van der Waals surface area contributed by atoms with E-state index in [-0.39, 0.29) is 6.10 Å². The summed E-state index contributed by atoms with van der Waals surface area (Å²) in [7, 11) is 0. The Balaban J connectivity index is 1.62. The van der Waals surface area contributed by atoms with Crippen LogP contribution in [0.25, 0.3) is 10.9 Å². The minimum absolute atomic E-state index is 0.123. The fraction of sp³-hybridized carbons (Fsp3) is 0.471. The van der Waals surface area contributed by atoms with E-state index in [1.807, 2.05) is 16.9 Å². The maximum atomic E-state index is 6.14. The lowest BCUT2D eigenvalue weighted by Gasteiger charge is -2.23. The zero-order valence-corrected chi connectivity index (χ0v) is 14.4. The van der Waals surface area contributed by atoms with E-state index in [9.17, 15) is 0 Å². The Labute approximate surface area is 145 Å². The van der Waals surface area contributed by atoms with Crippen molar-refractivity contribution in [2.24, 2.45) is 0 Å². The van der Waals surface area contributed by atoms with Gasteiger partial charge in [0.25, 0.3) is 0 Å². The Morgan fingerprint density at radius 3 is 2.96 bits per heavy atom. The second-order valence-electron chi connectivity index (χ2n) is 6.47. The number of aromatic nitrogens is 5. The van der Waals surface area contributed by atoms with E-state index < -0.39 is 0 Å². The quantitative estimate of drug-likeness (QED) is 0.741. The van der Waals surface area contributed by atoms with Crippen LogP contribution in [0.3, 0.4) is 0 Å². The van der Waals surface area contributed by atoms with Crippen LogP contribution >= 0.6 is 0 Å². The number of hydrogen-bond donors (Lipinski definition) is 2. The molecule has 4 heterocycles. The van der Waals surface area contributed by atoms with Gasteiger partial charge in [-0.2, -0.15) is 10.2 Å². The van der Waals surface area contributed by atoms with Crippen molar-refractivity contribution >= 4 is 22.4 Å². The molecule has 1 saturated heterocycles. The number of hydrogen-bond acceptors (Lipinski definition) is 6. The molecular weight excluding hydrogens is 320 g/mol. The van der Waals surface area contributed by atoms with Gasteiger partial charge in [-0.15, -0.1) is 0 Å². The van der Waals surface area contributed by atoms with Crippen LogP contribution in [0.5, 0.6) is 5.88 Å². The molecule has 3 aromatic heterocycles. The van der Waals surface area contributed by atoms with Crippen molar-refractivity contribution in [1.29, 1.82) is 0 Å². The molecule has 132 valence electrons. The van der Waals surface area contributed by atoms with Gasteiger partial charge in [-0.25, -0.2) is 4.98 Å². The monoisotopic (exact) mass is 342 g/mol. The van der Waals surface area contributed by atoms with Gasteiger partial charge in [0.15, 0.2) is 5.82 Å². The zero-order chi connectivity index (χ0) is 17.2. The highest BCUT2D eigenvalue weighted by molar-refractivity contribution is 5.95. The van der Waals surface area contributed by atoms with Crippen molar-refractivity contribution in [3.63, 3.8) is 0 Å². The number of aromatic amines is 1. The van der Waals surface area contributed by atoms with Crippen LogP contribution in [0.4, 0.5) is 11.5 Å². The van der Waals surface area contributed by atoms with Crippen molar-refractivity contribution < 1.29 is 9.47 Å². The molecule has 0 saturated carbocycles. The van der Waals surface area contributed by atoms with Crippen molar-refractivity contribution in [2.45, 2.75) is 38.8 Å². The molecule has 25 heavy (non-hydrogen) atoms. The summed E-state index contributed by atoms with van der Waals surface area (Å²) in [6.45, 7) is 5.63. The molecule has 0 radical (unpaired) electrons. The second kappa shape index (κ2) is 6.72. The lowest BCUT2D eigenvalue weighted by molar-refractivity contribution is 0.0244. The zero-order valence-electron chi connectivity index (χ0n) is 14.4. The normalized spacial score (nSPS) is 15.8. The molecule has 2 N–H and O–H groups in total. The number of nitrogens with one attached hydrogen (secondary N) is 2. The molecule has 0 unspecified atom stereocenters. The highest BCUT2D eigenvalue weighted by atomic mass is 16.5. The van der Waals surface area contributed by atoms with Crippen LogP contribution in [0, 0.1) is 0 Å². The van der Waals surface area contributed by atoms with Gasteiger partial charge in [-0.3, -0.25) is 9.78 Å². The number of rotatable bonds is 5.